The van der Waals surface area contributed by atoms with Gasteiger partial charge >= 0.3 is 5.97 Å². The van der Waals surface area contributed by atoms with Crippen molar-refractivity contribution in [3.63, 3.8) is 0 Å². The lowest BCUT2D eigenvalue weighted by molar-refractivity contribution is -0.121. The SMILES string of the molecule is Cc1cc(C)cc(N(CCC#N)C(=O)COC(=O)c2ccc(Cl)cc2)c1. The van der Waals surface area contributed by atoms with Crippen LogP contribution in [0.3, 0.4) is 0 Å². The number of hydrogen-bond acceptors (Lipinski definition) is 4. The molecule has 1 amide bonds. The Kier molecular flexibility index (Phi) is 6.76. The molecule has 0 heterocycles. The standard InChI is InChI=1S/C20H19ClN2O3/c1-14-10-15(2)12-18(11-14)23(9-3-8-22)19(24)13-26-20(25)16-4-6-17(21)7-5-16/h4-7,10-12H,3,9,13H2,1-2H3. The van der Waals surface area contributed by atoms with Crippen molar-refractivity contribution in [1.82, 2.24) is 0 Å². The normalized spacial score (nSPS) is 10.1. The predicted octanol–water partition coefficient (Wildman–Crippen LogP) is 4.06. The largest absolute Gasteiger partial charge is 0.452 e. The number of hydrogen-bond donors (Lipinski definition) is 0. The van der Waals surface area contributed by atoms with Crippen LogP contribution in [0.15, 0.2) is 42.5 Å². The molecule has 0 N–H and O–H groups in total. The number of carbonyl (C=O) groups is 2. The van der Waals surface area contributed by atoms with Gasteiger partial charge in [-0.1, -0.05) is 17.7 Å². The average Bonchev–Trinajstić information content (AvgIpc) is 2.59. The fourth-order valence-electron chi connectivity index (χ4n) is 2.54. The molecule has 0 fully saturated rings. The van der Waals surface area contributed by atoms with E-state index in [1.54, 1.807) is 12.1 Å². The second-order valence-electron chi connectivity index (χ2n) is 5.88. The Labute approximate surface area is 157 Å². The van der Waals surface area contributed by atoms with Gasteiger partial charge in [0.25, 0.3) is 5.91 Å². The highest BCUT2D eigenvalue weighted by Crippen LogP contribution is 2.20. The first-order valence-electron chi connectivity index (χ1n) is 8.09. The fourth-order valence-corrected chi connectivity index (χ4v) is 2.67. The minimum absolute atomic E-state index is 0.184. The van der Waals surface area contributed by atoms with Crippen LogP contribution in [0.2, 0.25) is 5.02 Å². The highest BCUT2D eigenvalue weighted by Gasteiger charge is 2.18. The summed E-state index contributed by atoms with van der Waals surface area (Å²) >= 11 is 5.79. The highest BCUT2D eigenvalue weighted by molar-refractivity contribution is 6.30. The molecule has 2 rings (SSSR count). The fraction of sp³-hybridized carbons (Fsp3) is 0.250. The van der Waals surface area contributed by atoms with Crippen molar-refractivity contribution in [2.24, 2.45) is 0 Å². The number of esters is 1. The third kappa shape index (κ3) is 5.33. The van der Waals surface area contributed by atoms with Crippen LogP contribution in [-0.4, -0.2) is 25.0 Å². The second kappa shape index (κ2) is 9.02. The van der Waals surface area contributed by atoms with E-state index in [2.05, 4.69) is 0 Å². The van der Waals surface area contributed by atoms with Crippen molar-refractivity contribution in [3.8, 4) is 6.07 Å². The zero-order chi connectivity index (χ0) is 19.1. The molecule has 5 nitrogen and oxygen atoms in total. The van der Waals surface area contributed by atoms with Crippen molar-refractivity contribution in [1.29, 1.82) is 5.26 Å². The maximum atomic E-state index is 12.6. The number of nitriles is 1. The van der Waals surface area contributed by atoms with Gasteiger partial charge in [0.2, 0.25) is 0 Å². The molecule has 6 heteroatoms. The van der Waals surface area contributed by atoms with Crippen molar-refractivity contribution in [2.75, 3.05) is 18.1 Å². The number of halogens is 1. The van der Waals surface area contributed by atoms with Gasteiger partial charge in [-0.05, 0) is 61.4 Å². The van der Waals surface area contributed by atoms with Gasteiger partial charge in [-0.2, -0.15) is 5.26 Å². The van der Waals surface area contributed by atoms with E-state index in [0.29, 0.717) is 16.3 Å². The monoisotopic (exact) mass is 370 g/mol. The molecule has 0 aliphatic carbocycles. The maximum Gasteiger partial charge on any atom is 0.338 e. The van der Waals surface area contributed by atoms with E-state index >= 15 is 0 Å². The summed E-state index contributed by atoms with van der Waals surface area (Å²) in [5, 5.41) is 9.37. The maximum absolute atomic E-state index is 12.6. The van der Waals surface area contributed by atoms with E-state index in [9.17, 15) is 9.59 Å². The Morgan fingerprint density at radius 1 is 1.12 bits per heavy atom. The van der Waals surface area contributed by atoms with E-state index in [0.717, 1.165) is 11.1 Å². The minimum Gasteiger partial charge on any atom is -0.452 e. The van der Waals surface area contributed by atoms with E-state index in [4.69, 9.17) is 21.6 Å². The average molecular weight is 371 g/mol. The smallest absolute Gasteiger partial charge is 0.338 e. The Morgan fingerprint density at radius 3 is 2.31 bits per heavy atom. The molecule has 2 aromatic carbocycles. The summed E-state index contributed by atoms with van der Waals surface area (Å²) in [5.41, 5.74) is 3.02. The molecule has 0 bridgehead atoms. The first-order valence-corrected chi connectivity index (χ1v) is 8.47. The summed E-state index contributed by atoms with van der Waals surface area (Å²) in [5.74, 6) is -0.983. The number of ether oxygens (including phenoxy) is 1. The van der Waals surface area contributed by atoms with Crippen molar-refractivity contribution >= 4 is 29.2 Å². The molecule has 26 heavy (non-hydrogen) atoms. The second-order valence-corrected chi connectivity index (χ2v) is 6.32. The summed E-state index contributed by atoms with van der Waals surface area (Å²) in [4.78, 5) is 26.1. The molecule has 0 saturated carbocycles. The van der Waals surface area contributed by atoms with Gasteiger partial charge in [-0.3, -0.25) is 4.79 Å². The molecular formula is C20H19ClN2O3. The molecule has 0 atom stereocenters. The molecule has 134 valence electrons. The molecule has 0 spiro atoms. The Hall–Kier alpha value is -2.84. The van der Waals surface area contributed by atoms with Crippen LogP contribution in [0.1, 0.15) is 27.9 Å². The number of rotatable bonds is 6. The third-order valence-corrected chi connectivity index (χ3v) is 3.93. The summed E-state index contributed by atoms with van der Waals surface area (Å²) in [6, 6.07) is 14.0. The third-order valence-electron chi connectivity index (χ3n) is 3.67. The number of carbonyl (C=O) groups excluding carboxylic acids is 2. The number of aryl methyl sites for hydroxylation is 2. The van der Waals surface area contributed by atoms with E-state index in [1.807, 2.05) is 38.1 Å². The zero-order valence-corrected chi connectivity index (χ0v) is 15.4. The predicted molar refractivity (Wildman–Crippen MR) is 100 cm³/mol. The Balaban J connectivity index is 2.10. The van der Waals surface area contributed by atoms with Crippen LogP contribution in [0.5, 0.6) is 0 Å². The van der Waals surface area contributed by atoms with Gasteiger partial charge < -0.3 is 9.64 Å². The summed E-state index contributed by atoms with van der Waals surface area (Å²) < 4.78 is 5.12. The van der Waals surface area contributed by atoms with Gasteiger partial charge in [0.05, 0.1) is 18.1 Å². The van der Waals surface area contributed by atoms with Gasteiger partial charge in [0.15, 0.2) is 6.61 Å². The molecule has 0 aliphatic heterocycles. The van der Waals surface area contributed by atoms with Crippen molar-refractivity contribution in [2.45, 2.75) is 20.3 Å². The number of nitrogens with zero attached hydrogens (tertiary/aromatic N) is 2. The molecule has 0 saturated heterocycles. The van der Waals surface area contributed by atoms with Crippen LogP contribution in [0.25, 0.3) is 0 Å². The van der Waals surface area contributed by atoms with Crippen LogP contribution in [0.4, 0.5) is 5.69 Å². The van der Waals surface area contributed by atoms with Gasteiger partial charge in [-0.25, -0.2) is 4.79 Å². The van der Waals surface area contributed by atoms with E-state index in [1.165, 1.54) is 17.0 Å². The van der Waals surface area contributed by atoms with E-state index < -0.39 is 12.6 Å². The molecule has 2 aromatic rings. The van der Waals surface area contributed by atoms with Gasteiger partial charge in [0, 0.05) is 17.3 Å². The van der Waals surface area contributed by atoms with E-state index in [-0.39, 0.29) is 18.9 Å². The van der Waals surface area contributed by atoms with Crippen molar-refractivity contribution < 1.29 is 14.3 Å². The first-order chi connectivity index (χ1) is 12.4. The topological polar surface area (TPSA) is 70.4 Å². The van der Waals surface area contributed by atoms with Crippen LogP contribution >= 0.6 is 11.6 Å². The van der Waals surface area contributed by atoms with Crippen LogP contribution in [-0.2, 0) is 9.53 Å². The summed E-state index contributed by atoms with van der Waals surface area (Å²) in [6.07, 6.45) is 0.184. The first kappa shape index (κ1) is 19.5. The molecule has 0 aromatic heterocycles. The Bertz CT molecular complexity index is 821. The molecular weight excluding hydrogens is 352 g/mol. The Morgan fingerprint density at radius 2 is 1.73 bits per heavy atom. The lowest BCUT2D eigenvalue weighted by Gasteiger charge is -2.22. The lowest BCUT2D eigenvalue weighted by Crippen LogP contribution is -2.35. The van der Waals surface area contributed by atoms with Gasteiger partial charge in [-0.15, -0.1) is 0 Å². The van der Waals surface area contributed by atoms with Crippen LogP contribution in [0, 0.1) is 25.2 Å². The summed E-state index contributed by atoms with van der Waals surface area (Å²) in [6.45, 7) is 3.70. The van der Waals surface area contributed by atoms with Crippen LogP contribution < -0.4 is 4.90 Å². The minimum atomic E-state index is -0.601. The number of benzene rings is 2. The van der Waals surface area contributed by atoms with Crippen molar-refractivity contribution in [3.05, 3.63) is 64.2 Å². The molecule has 0 radical (unpaired) electrons. The zero-order valence-electron chi connectivity index (χ0n) is 14.7. The molecule has 0 aliphatic rings. The highest BCUT2D eigenvalue weighted by atomic mass is 35.5. The van der Waals surface area contributed by atoms with Gasteiger partial charge in [0.1, 0.15) is 0 Å². The number of anilines is 1. The molecule has 0 unspecified atom stereocenters. The number of amides is 1. The quantitative estimate of drug-likeness (QED) is 0.719. The lowest BCUT2D eigenvalue weighted by atomic mass is 10.1. The summed E-state index contributed by atoms with van der Waals surface area (Å²) in [7, 11) is 0.